The molecule has 1 atom stereocenters. The van der Waals surface area contributed by atoms with Gasteiger partial charge in [0.1, 0.15) is 0 Å². The molecule has 7 nitrogen and oxygen atoms in total. The molecule has 0 radical (unpaired) electrons. The van der Waals surface area contributed by atoms with Gasteiger partial charge in [-0.05, 0) is 31.0 Å². The van der Waals surface area contributed by atoms with Crippen LogP contribution in [0.15, 0.2) is 18.2 Å². The van der Waals surface area contributed by atoms with Crippen LogP contribution in [0.25, 0.3) is 0 Å². The highest BCUT2D eigenvalue weighted by molar-refractivity contribution is 6.04. The molecular formula is C17H23N3O4. The molecule has 1 aromatic carbocycles. The average molecular weight is 333 g/mol. The first-order valence-corrected chi connectivity index (χ1v) is 7.94. The predicted octanol–water partition coefficient (Wildman–Crippen LogP) is 2.91. The Morgan fingerprint density at radius 3 is 2.50 bits per heavy atom. The third-order valence-electron chi connectivity index (χ3n) is 3.82. The van der Waals surface area contributed by atoms with E-state index < -0.39 is 6.09 Å². The number of amides is 3. The average Bonchev–Trinajstić information content (AvgIpc) is 2.44. The summed E-state index contributed by atoms with van der Waals surface area (Å²) < 4.78 is 0. The van der Waals surface area contributed by atoms with Crippen LogP contribution >= 0.6 is 0 Å². The molecule has 0 spiro atoms. The summed E-state index contributed by atoms with van der Waals surface area (Å²) in [5.41, 5.74) is 1.49. The summed E-state index contributed by atoms with van der Waals surface area (Å²) in [6.45, 7) is 7.36. The van der Waals surface area contributed by atoms with E-state index in [-0.39, 0.29) is 30.3 Å². The van der Waals surface area contributed by atoms with Crippen molar-refractivity contribution in [3.05, 3.63) is 18.2 Å². The van der Waals surface area contributed by atoms with Crippen LogP contribution in [0.1, 0.15) is 34.1 Å². The van der Waals surface area contributed by atoms with Crippen LogP contribution in [0, 0.1) is 5.92 Å². The second-order valence-corrected chi connectivity index (χ2v) is 6.49. The first-order chi connectivity index (χ1) is 11.2. The standard InChI is InChI=1S/C17H23N3O4/c1-10(2)7-16(22)20-11(3)9-19(17(23)24)14-6-5-13(8-15(14)20)18-12(4)21/h5-6,8,10-11H,7,9H2,1-4H3,(H,18,21)(H,23,24)/t11-/m0/s1. The van der Waals surface area contributed by atoms with Gasteiger partial charge in [-0.1, -0.05) is 13.8 Å². The van der Waals surface area contributed by atoms with E-state index in [0.29, 0.717) is 23.5 Å². The van der Waals surface area contributed by atoms with Crippen molar-refractivity contribution in [2.45, 2.75) is 40.2 Å². The van der Waals surface area contributed by atoms with E-state index in [9.17, 15) is 19.5 Å². The van der Waals surface area contributed by atoms with Crippen molar-refractivity contribution in [2.24, 2.45) is 5.92 Å². The Balaban J connectivity index is 2.50. The number of hydrogen-bond donors (Lipinski definition) is 2. The highest BCUT2D eigenvalue weighted by Crippen LogP contribution is 2.38. The molecule has 7 heteroatoms. The summed E-state index contributed by atoms with van der Waals surface area (Å²) in [6, 6.07) is 4.63. The van der Waals surface area contributed by atoms with Gasteiger partial charge < -0.3 is 15.3 Å². The minimum absolute atomic E-state index is 0.0521. The van der Waals surface area contributed by atoms with Crippen molar-refractivity contribution in [3.63, 3.8) is 0 Å². The van der Waals surface area contributed by atoms with Gasteiger partial charge in [-0.2, -0.15) is 0 Å². The minimum Gasteiger partial charge on any atom is -0.465 e. The summed E-state index contributed by atoms with van der Waals surface area (Å²) in [7, 11) is 0. The zero-order valence-corrected chi connectivity index (χ0v) is 14.4. The van der Waals surface area contributed by atoms with Gasteiger partial charge in [0.05, 0.1) is 17.4 Å². The van der Waals surface area contributed by atoms with Crippen molar-refractivity contribution in [1.29, 1.82) is 0 Å². The van der Waals surface area contributed by atoms with Crippen molar-refractivity contribution in [2.75, 3.05) is 21.7 Å². The lowest BCUT2D eigenvalue weighted by molar-refractivity contribution is -0.119. The van der Waals surface area contributed by atoms with Crippen molar-refractivity contribution in [3.8, 4) is 0 Å². The van der Waals surface area contributed by atoms with Gasteiger partial charge in [0.15, 0.2) is 0 Å². The molecule has 0 fully saturated rings. The number of carboxylic acid groups (broad SMARTS) is 1. The number of benzene rings is 1. The van der Waals surface area contributed by atoms with Crippen LogP contribution in [0.3, 0.4) is 0 Å². The number of hydrogen-bond acceptors (Lipinski definition) is 3. The Kier molecular flexibility index (Phi) is 5.11. The Morgan fingerprint density at radius 2 is 1.96 bits per heavy atom. The lowest BCUT2D eigenvalue weighted by Crippen LogP contribution is -2.52. The largest absolute Gasteiger partial charge is 0.465 e. The molecule has 0 unspecified atom stereocenters. The van der Waals surface area contributed by atoms with Crippen molar-refractivity contribution in [1.82, 2.24) is 0 Å². The van der Waals surface area contributed by atoms with Gasteiger partial charge >= 0.3 is 6.09 Å². The molecule has 1 aliphatic rings. The SMILES string of the molecule is CC(=O)Nc1ccc2c(c1)N(C(=O)CC(C)C)[C@@H](C)CN2C(=O)O. The minimum atomic E-state index is -1.06. The van der Waals surface area contributed by atoms with Crippen LogP contribution in [-0.2, 0) is 9.59 Å². The number of fused-ring (bicyclic) bond motifs is 1. The highest BCUT2D eigenvalue weighted by Gasteiger charge is 2.35. The van der Waals surface area contributed by atoms with E-state index in [0.717, 1.165) is 0 Å². The van der Waals surface area contributed by atoms with Crippen molar-refractivity contribution < 1.29 is 19.5 Å². The predicted molar refractivity (Wildman–Crippen MR) is 92.5 cm³/mol. The van der Waals surface area contributed by atoms with Crippen LogP contribution < -0.4 is 15.1 Å². The molecule has 0 saturated heterocycles. The molecule has 0 bridgehead atoms. The summed E-state index contributed by atoms with van der Waals surface area (Å²) in [5, 5.41) is 12.1. The van der Waals surface area contributed by atoms with Crippen LogP contribution in [0.5, 0.6) is 0 Å². The number of nitrogens with zero attached hydrogens (tertiary/aromatic N) is 2. The van der Waals surface area contributed by atoms with Crippen LogP contribution in [-0.4, -0.2) is 35.6 Å². The van der Waals surface area contributed by atoms with E-state index in [4.69, 9.17) is 0 Å². The fourth-order valence-corrected chi connectivity index (χ4v) is 2.92. The van der Waals surface area contributed by atoms with Crippen LogP contribution in [0.4, 0.5) is 21.9 Å². The Labute approximate surface area is 141 Å². The molecule has 1 aromatic rings. The van der Waals surface area contributed by atoms with Crippen molar-refractivity contribution >= 4 is 35.0 Å². The second kappa shape index (κ2) is 6.90. The Bertz CT molecular complexity index is 672. The maximum Gasteiger partial charge on any atom is 0.411 e. The molecule has 2 rings (SSSR count). The molecule has 0 saturated carbocycles. The molecule has 1 heterocycles. The van der Waals surface area contributed by atoms with E-state index in [2.05, 4.69) is 5.32 Å². The summed E-state index contributed by atoms with van der Waals surface area (Å²) in [4.78, 5) is 38.4. The number of nitrogens with one attached hydrogen (secondary N) is 1. The maximum atomic E-state index is 12.7. The molecule has 2 N–H and O–H groups in total. The molecular weight excluding hydrogens is 310 g/mol. The normalized spacial score (nSPS) is 16.8. The summed E-state index contributed by atoms with van der Waals surface area (Å²) >= 11 is 0. The number of carbonyl (C=O) groups excluding carboxylic acids is 2. The Hall–Kier alpha value is -2.57. The third-order valence-corrected chi connectivity index (χ3v) is 3.82. The topological polar surface area (TPSA) is 90.0 Å². The molecule has 0 aliphatic carbocycles. The van der Waals surface area contributed by atoms with Gasteiger partial charge in [-0.3, -0.25) is 14.5 Å². The van der Waals surface area contributed by atoms with E-state index in [1.165, 1.54) is 11.8 Å². The van der Waals surface area contributed by atoms with E-state index in [1.807, 2.05) is 20.8 Å². The molecule has 24 heavy (non-hydrogen) atoms. The lowest BCUT2D eigenvalue weighted by Gasteiger charge is -2.40. The third kappa shape index (κ3) is 3.67. The fraction of sp³-hybridized carbons (Fsp3) is 0.471. The second-order valence-electron chi connectivity index (χ2n) is 6.49. The first-order valence-electron chi connectivity index (χ1n) is 7.94. The first kappa shape index (κ1) is 17.8. The fourth-order valence-electron chi connectivity index (χ4n) is 2.92. The highest BCUT2D eigenvalue weighted by atomic mass is 16.4. The van der Waals surface area contributed by atoms with Gasteiger partial charge in [0.2, 0.25) is 11.8 Å². The zero-order valence-electron chi connectivity index (χ0n) is 14.4. The maximum absolute atomic E-state index is 12.7. The zero-order chi connectivity index (χ0) is 18.0. The molecule has 3 amide bonds. The number of anilines is 3. The van der Waals surface area contributed by atoms with E-state index >= 15 is 0 Å². The van der Waals surface area contributed by atoms with Gasteiger partial charge in [-0.25, -0.2) is 4.79 Å². The van der Waals surface area contributed by atoms with Gasteiger partial charge in [-0.15, -0.1) is 0 Å². The smallest absolute Gasteiger partial charge is 0.411 e. The summed E-state index contributed by atoms with van der Waals surface area (Å²) in [6.07, 6.45) is -0.687. The van der Waals surface area contributed by atoms with Gasteiger partial charge in [0.25, 0.3) is 0 Å². The monoisotopic (exact) mass is 333 g/mol. The lowest BCUT2D eigenvalue weighted by atomic mass is 10.0. The Morgan fingerprint density at radius 1 is 1.29 bits per heavy atom. The van der Waals surface area contributed by atoms with Crippen LogP contribution in [0.2, 0.25) is 0 Å². The number of carbonyl (C=O) groups is 3. The summed E-state index contributed by atoms with van der Waals surface area (Å²) in [5.74, 6) is -0.0816. The van der Waals surface area contributed by atoms with Gasteiger partial charge in [0, 0.05) is 25.6 Å². The quantitative estimate of drug-likeness (QED) is 0.890. The number of rotatable bonds is 3. The molecule has 0 aromatic heterocycles. The molecule has 130 valence electrons. The molecule has 1 aliphatic heterocycles. The van der Waals surface area contributed by atoms with E-state index in [1.54, 1.807) is 23.1 Å².